The van der Waals surface area contributed by atoms with Gasteiger partial charge >= 0.3 is 0 Å². The minimum atomic E-state index is 0.906. The van der Waals surface area contributed by atoms with Crippen LogP contribution in [0.4, 0.5) is 0 Å². The average Bonchev–Trinajstić information content (AvgIpc) is 2.15. The standard InChI is InChI=1S/C11H23N2P/c1-12(2)11(13(3)4)14-10-8-6-5-7-9-10/h10H,5-9H2,1-4H3. The fourth-order valence-electron chi connectivity index (χ4n) is 2.00. The quantitative estimate of drug-likeness (QED) is 0.666. The van der Waals surface area contributed by atoms with E-state index in [2.05, 4.69) is 38.0 Å². The highest BCUT2D eigenvalue weighted by atomic mass is 31.1. The summed E-state index contributed by atoms with van der Waals surface area (Å²) in [4.78, 5) is 4.49. The zero-order valence-corrected chi connectivity index (χ0v) is 10.8. The summed E-state index contributed by atoms with van der Waals surface area (Å²) >= 11 is 0. The van der Waals surface area contributed by atoms with Crippen LogP contribution in [-0.4, -0.2) is 49.2 Å². The highest BCUT2D eigenvalue weighted by Gasteiger charge is 2.14. The van der Waals surface area contributed by atoms with Gasteiger partial charge in [-0.3, -0.25) is 9.80 Å². The van der Waals surface area contributed by atoms with Crippen LogP contribution in [0.15, 0.2) is 0 Å². The van der Waals surface area contributed by atoms with Crippen molar-refractivity contribution in [1.29, 1.82) is 0 Å². The van der Waals surface area contributed by atoms with Crippen LogP contribution in [-0.2, 0) is 0 Å². The molecule has 0 saturated heterocycles. The summed E-state index contributed by atoms with van der Waals surface area (Å²) in [7, 11) is 10.1. The lowest BCUT2D eigenvalue weighted by atomic mass is 10.0. The van der Waals surface area contributed by atoms with Crippen LogP contribution in [0.3, 0.4) is 0 Å². The topological polar surface area (TPSA) is 6.48 Å². The summed E-state index contributed by atoms with van der Waals surface area (Å²) in [5, 5.41) is 0. The molecule has 0 amide bonds. The van der Waals surface area contributed by atoms with Gasteiger partial charge in [-0.05, 0) is 41.0 Å². The van der Waals surface area contributed by atoms with E-state index in [1.165, 1.54) is 45.8 Å². The van der Waals surface area contributed by atoms with Gasteiger partial charge in [-0.25, -0.2) is 0 Å². The predicted octanol–water partition coefficient (Wildman–Crippen LogP) is 2.48. The van der Waals surface area contributed by atoms with Gasteiger partial charge in [0.1, 0.15) is 0 Å². The number of nitrogens with zero attached hydrogens (tertiary/aromatic N) is 2. The summed E-state index contributed by atoms with van der Waals surface area (Å²) < 4.78 is 0. The molecule has 1 aliphatic carbocycles. The Morgan fingerprint density at radius 3 is 1.86 bits per heavy atom. The Morgan fingerprint density at radius 2 is 1.43 bits per heavy atom. The number of hydrogen-bond acceptors (Lipinski definition) is 0. The van der Waals surface area contributed by atoms with E-state index < -0.39 is 0 Å². The van der Waals surface area contributed by atoms with Gasteiger partial charge in [-0.2, -0.15) is 0 Å². The fraction of sp³-hybridized carbons (Fsp3) is 0.909. The molecule has 0 bridgehead atoms. The summed E-state index contributed by atoms with van der Waals surface area (Å²) in [6.45, 7) is 0. The molecular weight excluding hydrogens is 191 g/mol. The molecule has 1 aliphatic rings. The molecule has 0 aromatic carbocycles. The van der Waals surface area contributed by atoms with Gasteiger partial charge in [0.05, 0.1) is 5.54 Å². The molecule has 14 heavy (non-hydrogen) atoms. The summed E-state index contributed by atoms with van der Waals surface area (Å²) in [5.74, 6) is 0. The van der Waals surface area contributed by atoms with Crippen LogP contribution < -0.4 is 0 Å². The third kappa shape index (κ3) is 3.68. The Kier molecular flexibility index (Phi) is 5.08. The Labute approximate surface area is 90.1 Å². The molecule has 0 heterocycles. The van der Waals surface area contributed by atoms with Gasteiger partial charge in [0, 0.05) is 5.66 Å². The van der Waals surface area contributed by atoms with Crippen LogP contribution in [0, 0.1) is 0 Å². The first-order valence-electron chi connectivity index (χ1n) is 5.53. The molecule has 0 aromatic rings. The molecule has 0 atom stereocenters. The maximum Gasteiger partial charge on any atom is 0.0856 e. The van der Waals surface area contributed by atoms with E-state index in [4.69, 9.17) is 0 Å². The van der Waals surface area contributed by atoms with Crippen molar-refractivity contribution in [3.8, 4) is 0 Å². The molecule has 1 saturated carbocycles. The van der Waals surface area contributed by atoms with Crippen LogP contribution in [0.25, 0.3) is 0 Å². The van der Waals surface area contributed by atoms with Crippen molar-refractivity contribution in [2.75, 3.05) is 28.2 Å². The Morgan fingerprint density at radius 1 is 0.929 bits per heavy atom. The molecule has 0 N–H and O–H groups in total. The zero-order valence-electron chi connectivity index (χ0n) is 9.95. The summed E-state index contributed by atoms with van der Waals surface area (Å²) in [6.07, 6.45) is 7.17. The first-order valence-corrected chi connectivity index (χ1v) is 6.50. The molecule has 0 aromatic heterocycles. The van der Waals surface area contributed by atoms with Gasteiger partial charge in [0.2, 0.25) is 0 Å². The monoisotopic (exact) mass is 214 g/mol. The Bertz CT molecular complexity index is 183. The fourth-order valence-corrected chi connectivity index (χ4v) is 3.42. The smallest absolute Gasteiger partial charge is 0.0856 e. The van der Waals surface area contributed by atoms with Crippen molar-refractivity contribution in [3.63, 3.8) is 0 Å². The van der Waals surface area contributed by atoms with E-state index in [1.807, 2.05) is 0 Å². The lowest BCUT2D eigenvalue weighted by molar-refractivity contribution is 0.494. The van der Waals surface area contributed by atoms with E-state index in [9.17, 15) is 0 Å². The number of rotatable bonds is 3. The van der Waals surface area contributed by atoms with E-state index in [-0.39, 0.29) is 0 Å². The van der Waals surface area contributed by atoms with Crippen molar-refractivity contribution in [1.82, 2.24) is 9.80 Å². The van der Waals surface area contributed by atoms with Crippen molar-refractivity contribution in [2.45, 2.75) is 37.8 Å². The minimum absolute atomic E-state index is 0.906. The summed E-state index contributed by atoms with van der Waals surface area (Å²) in [5.41, 5.74) is 2.35. The van der Waals surface area contributed by atoms with Crippen molar-refractivity contribution < 1.29 is 0 Å². The van der Waals surface area contributed by atoms with Gasteiger partial charge in [-0.1, -0.05) is 27.5 Å². The van der Waals surface area contributed by atoms with E-state index in [0.29, 0.717) is 0 Å². The first kappa shape index (κ1) is 12.2. The van der Waals surface area contributed by atoms with Gasteiger partial charge in [0.15, 0.2) is 0 Å². The highest BCUT2D eigenvalue weighted by Crippen LogP contribution is 2.28. The largest absolute Gasteiger partial charge is 0.268 e. The molecule has 0 radical (unpaired) electrons. The van der Waals surface area contributed by atoms with E-state index >= 15 is 0 Å². The van der Waals surface area contributed by atoms with E-state index in [0.717, 1.165) is 5.66 Å². The summed E-state index contributed by atoms with van der Waals surface area (Å²) in [6, 6.07) is 0. The Balaban J connectivity index is 2.60. The second kappa shape index (κ2) is 5.85. The van der Waals surface area contributed by atoms with E-state index in [1.54, 1.807) is 0 Å². The minimum Gasteiger partial charge on any atom is -0.268 e. The Hall–Kier alpha value is 0.0900. The van der Waals surface area contributed by atoms with Crippen LogP contribution in [0.1, 0.15) is 32.1 Å². The van der Waals surface area contributed by atoms with Crippen molar-refractivity contribution in [2.24, 2.45) is 0 Å². The molecule has 1 rings (SSSR count). The molecule has 0 spiro atoms. The lowest BCUT2D eigenvalue weighted by Gasteiger charge is -2.25. The molecule has 82 valence electrons. The molecular formula is C11H23N2P. The normalized spacial score (nSPS) is 19.6. The zero-order chi connectivity index (χ0) is 10.6. The van der Waals surface area contributed by atoms with Crippen LogP contribution in [0.5, 0.6) is 0 Å². The third-order valence-electron chi connectivity index (χ3n) is 2.67. The van der Waals surface area contributed by atoms with Crippen LogP contribution >= 0.6 is 8.20 Å². The van der Waals surface area contributed by atoms with Crippen LogP contribution in [0.2, 0.25) is 0 Å². The van der Waals surface area contributed by atoms with Gasteiger partial charge in [-0.15, -0.1) is 0 Å². The SMILES string of the molecule is CN(C)C(=PC1CCCCC1)N(C)C. The van der Waals surface area contributed by atoms with Gasteiger partial charge < -0.3 is 0 Å². The molecule has 2 nitrogen and oxygen atoms in total. The molecule has 3 heteroatoms. The highest BCUT2D eigenvalue weighted by molar-refractivity contribution is 7.41. The van der Waals surface area contributed by atoms with Crippen molar-refractivity contribution >= 4 is 13.7 Å². The number of hydrogen-bond donors (Lipinski definition) is 0. The second-order valence-electron chi connectivity index (χ2n) is 4.51. The predicted molar refractivity (Wildman–Crippen MR) is 66.2 cm³/mol. The average molecular weight is 214 g/mol. The van der Waals surface area contributed by atoms with Crippen molar-refractivity contribution in [3.05, 3.63) is 0 Å². The molecule has 0 unspecified atom stereocenters. The third-order valence-corrected chi connectivity index (χ3v) is 4.59. The molecule has 1 fully saturated rings. The van der Waals surface area contributed by atoms with Gasteiger partial charge in [0.25, 0.3) is 0 Å². The maximum atomic E-state index is 2.25. The first-order chi connectivity index (χ1) is 6.61. The second-order valence-corrected chi connectivity index (χ2v) is 5.90. The maximum absolute atomic E-state index is 2.25. The lowest BCUT2D eigenvalue weighted by Crippen LogP contribution is -2.34. The molecule has 0 aliphatic heterocycles.